The molecule has 4 N–H and O–H groups in total. The number of amides is 3. The number of carboxylic acids is 1. The fourth-order valence-corrected chi connectivity index (χ4v) is 2.18. The summed E-state index contributed by atoms with van der Waals surface area (Å²) in [6.45, 7) is 3.03. The molecule has 1 saturated heterocycles. The zero-order valence-corrected chi connectivity index (χ0v) is 11.1. The smallest absolute Gasteiger partial charge is 0.314 e. The molecule has 19 heavy (non-hydrogen) atoms. The Hall–Kier alpha value is -1.79. The summed E-state index contributed by atoms with van der Waals surface area (Å²) in [7, 11) is 0. The number of rotatable bonds is 5. The highest BCUT2D eigenvalue weighted by atomic mass is 16.4. The number of carboxylic acid groups (broad SMARTS) is 1. The summed E-state index contributed by atoms with van der Waals surface area (Å²) in [6, 6.07) is -0.503. The maximum atomic E-state index is 11.9. The molecule has 108 valence electrons. The second-order valence-electron chi connectivity index (χ2n) is 5.07. The highest BCUT2D eigenvalue weighted by molar-refractivity contribution is 5.80. The average molecular weight is 271 g/mol. The third kappa shape index (κ3) is 5.15. The van der Waals surface area contributed by atoms with Gasteiger partial charge in [-0.15, -0.1) is 0 Å². The molecular formula is C12H21N3O4. The molecule has 0 aliphatic carbocycles. The molecule has 2 atom stereocenters. The molecule has 1 rings (SSSR count). The van der Waals surface area contributed by atoms with E-state index in [1.54, 1.807) is 6.92 Å². The summed E-state index contributed by atoms with van der Waals surface area (Å²) in [5.74, 6) is -1.38. The Bertz CT molecular complexity index is 359. The lowest BCUT2D eigenvalue weighted by atomic mass is 9.97. The minimum absolute atomic E-state index is 0.0261. The fraction of sp³-hybridized carbons (Fsp3) is 0.750. The molecular weight excluding hydrogens is 250 g/mol. The van der Waals surface area contributed by atoms with Crippen LogP contribution in [0.25, 0.3) is 0 Å². The van der Waals surface area contributed by atoms with Crippen LogP contribution in [0.4, 0.5) is 4.79 Å². The topological polar surface area (TPSA) is 113 Å². The quantitative estimate of drug-likeness (QED) is 0.653. The monoisotopic (exact) mass is 271 g/mol. The lowest BCUT2D eigenvalue weighted by Gasteiger charge is -2.30. The maximum Gasteiger partial charge on any atom is 0.314 e. The van der Waals surface area contributed by atoms with Gasteiger partial charge in [0.2, 0.25) is 5.91 Å². The number of urea groups is 1. The van der Waals surface area contributed by atoms with Crippen molar-refractivity contribution in [2.45, 2.75) is 26.2 Å². The Labute approximate surface area is 112 Å². The van der Waals surface area contributed by atoms with E-state index in [4.69, 9.17) is 10.8 Å². The lowest BCUT2D eigenvalue weighted by Crippen LogP contribution is -2.47. The molecule has 0 bridgehead atoms. The van der Waals surface area contributed by atoms with Crippen molar-refractivity contribution in [2.24, 2.45) is 17.6 Å². The number of primary amides is 1. The largest absolute Gasteiger partial charge is 0.481 e. The van der Waals surface area contributed by atoms with Crippen molar-refractivity contribution < 1.29 is 19.5 Å². The Morgan fingerprint density at radius 1 is 1.47 bits per heavy atom. The van der Waals surface area contributed by atoms with Gasteiger partial charge in [0.05, 0.1) is 5.92 Å². The second kappa shape index (κ2) is 6.96. The van der Waals surface area contributed by atoms with Crippen LogP contribution in [0, 0.1) is 11.8 Å². The number of likely N-dealkylation sites (tertiary alicyclic amines) is 1. The van der Waals surface area contributed by atoms with Gasteiger partial charge in [-0.3, -0.25) is 9.59 Å². The van der Waals surface area contributed by atoms with Gasteiger partial charge in [-0.1, -0.05) is 6.92 Å². The van der Waals surface area contributed by atoms with Crippen molar-refractivity contribution in [1.29, 1.82) is 0 Å². The molecule has 0 aromatic rings. The first kappa shape index (κ1) is 15.3. The van der Waals surface area contributed by atoms with E-state index >= 15 is 0 Å². The summed E-state index contributed by atoms with van der Waals surface area (Å²) in [4.78, 5) is 35.0. The molecule has 7 nitrogen and oxygen atoms in total. The molecule has 3 amide bonds. The number of hydrogen-bond donors (Lipinski definition) is 3. The van der Waals surface area contributed by atoms with Gasteiger partial charge >= 0.3 is 12.0 Å². The Kier molecular flexibility index (Phi) is 5.59. The third-order valence-electron chi connectivity index (χ3n) is 3.25. The number of piperidine rings is 1. The van der Waals surface area contributed by atoms with Crippen LogP contribution in [-0.2, 0) is 9.59 Å². The van der Waals surface area contributed by atoms with Crippen LogP contribution in [0.2, 0.25) is 0 Å². The van der Waals surface area contributed by atoms with Gasteiger partial charge in [-0.05, 0) is 18.8 Å². The molecule has 0 aromatic heterocycles. The summed E-state index contributed by atoms with van der Waals surface area (Å²) >= 11 is 0. The molecule has 2 unspecified atom stereocenters. The van der Waals surface area contributed by atoms with Crippen LogP contribution in [0.1, 0.15) is 26.2 Å². The van der Waals surface area contributed by atoms with Crippen molar-refractivity contribution in [2.75, 3.05) is 19.6 Å². The predicted molar refractivity (Wildman–Crippen MR) is 68.3 cm³/mol. The van der Waals surface area contributed by atoms with Gasteiger partial charge < -0.3 is 21.1 Å². The van der Waals surface area contributed by atoms with E-state index in [-0.39, 0.29) is 24.2 Å². The number of aliphatic carboxylic acids is 1. The standard InChI is InChI=1S/C12H21N3O4/c1-8(5-10(16)17)6-14-11(18)9-3-2-4-15(7-9)12(13)19/h8-9H,2-7H2,1H3,(H2,13,19)(H,14,18)(H,16,17). The molecule has 1 fully saturated rings. The number of carbonyl (C=O) groups is 3. The Morgan fingerprint density at radius 2 is 2.16 bits per heavy atom. The second-order valence-corrected chi connectivity index (χ2v) is 5.07. The lowest BCUT2D eigenvalue weighted by molar-refractivity contribution is -0.138. The van der Waals surface area contributed by atoms with Crippen LogP contribution < -0.4 is 11.1 Å². The first-order chi connectivity index (χ1) is 8.90. The van der Waals surface area contributed by atoms with Crippen LogP contribution >= 0.6 is 0 Å². The van der Waals surface area contributed by atoms with Crippen molar-refractivity contribution in [1.82, 2.24) is 10.2 Å². The van der Waals surface area contributed by atoms with E-state index in [0.29, 0.717) is 19.6 Å². The van der Waals surface area contributed by atoms with Gasteiger partial charge in [0.1, 0.15) is 0 Å². The number of nitrogens with two attached hydrogens (primary N) is 1. The first-order valence-corrected chi connectivity index (χ1v) is 6.44. The van der Waals surface area contributed by atoms with Crippen LogP contribution in [0.3, 0.4) is 0 Å². The van der Waals surface area contributed by atoms with Crippen LogP contribution in [0.5, 0.6) is 0 Å². The van der Waals surface area contributed by atoms with Crippen molar-refractivity contribution in [3.63, 3.8) is 0 Å². The minimum Gasteiger partial charge on any atom is -0.481 e. The van der Waals surface area contributed by atoms with E-state index in [1.807, 2.05) is 0 Å². The highest BCUT2D eigenvalue weighted by Gasteiger charge is 2.27. The van der Waals surface area contributed by atoms with E-state index in [0.717, 1.165) is 12.8 Å². The average Bonchev–Trinajstić information content (AvgIpc) is 2.35. The summed E-state index contributed by atoms with van der Waals surface area (Å²) in [5, 5.41) is 11.4. The first-order valence-electron chi connectivity index (χ1n) is 6.44. The van der Waals surface area contributed by atoms with Gasteiger partial charge in [0.15, 0.2) is 0 Å². The van der Waals surface area contributed by atoms with Gasteiger partial charge in [-0.25, -0.2) is 4.79 Å². The van der Waals surface area contributed by atoms with Crippen molar-refractivity contribution in [3.05, 3.63) is 0 Å². The zero-order chi connectivity index (χ0) is 14.4. The van der Waals surface area contributed by atoms with E-state index in [9.17, 15) is 14.4 Å². The van der Waals surface area contributed by atoms with Gasteiger partial charge in [0, 0.05) is 26.1 Å². The summed E-state index contributed by atoms with van der Waals surface area (Å²) in [6.07, 6.45) is 1.51. The number of nitrogens with zero attached hydrogens (tertiary/aromatic N) is 1. The van der Waals surface area contributed by atoms with Crippen LogP contribution in [0.15, 0.2) is 0 Å². The van der Waals surface area contributed by atoms with E-state index < -0.39 is 12.0 Å². The molecule has 1 aliphatic heterocycles. The third-order valence-corrected chi connectivity index (χ3v) is 3.25. The normalized spacial score (nSPS) is 20.7. The van der Waals surface area contributed by atoms with Gasteiger partial charge in [0.25, 0.3) is 0 Å². The van der Waals surface area contributed by atoms with Gasteiger partial charge in [-0.2, -0.15) is 0 Å². The fourth-order valence-electron chi connectivity index (χ4n) is 2.18. The number of carbonyl (C=O) groups excluding carboxylic acids is 2. The molecule has 7 heteroatoms. The molecule has 0 spiro atoms. The summed E-state index contributed by atoms with van der Waals surface area (Å²) in [5.41, 5.74) is 5.20. The van der Waals surface area contributed by atoms with E-state index in [1.165, 1.54) is 4.90 Å². The SMILES string of the molecule is CC(CNC(=O)C1CCCN(C(N)=O)C1)CC(=O)O. The zero-order valence-electron chi connectivity index (χ0n) is 11.1. The Morgan fingerprint density at radius 3 is 2.74 bits per heavy atom. The van der Waals surface area contributed by atoms with Crippen molar-refractivity contribution in [3.8, 4) is 0 Å². The maximum absolute atomic E-state index is 11.9. The molecule has 0 radical (unpaired) electrons. The number of hydrogen-bond acceptors (Lipinski definition) is 3. The van der Waals surface area contributed by atoms with Crippen LogP contribution in [-0.4, -0.2) is 47.5 Å². The highest BCUT2D eigenvalue weighted by Crippen LogP contribution is 2.16. The molecule has 1 aliphatic rings. The Balaban J connectivity index is 2.36. The number of nitrogens with one attached hydrogen (secondary N) is 1. The molecule has 0 aromatic carbocycles. The van der Waals surface area contributed by atoms with Crippen molar-refractivity contribution >= 4 is 17.9 Å². The van der Waals surface area contributed by atoms with E-state index in [2.05, 4.69) is 5.32 Å². The molecule has 1 heterocycles. The minimum atomic E-state index is -0.876. The molecule has 0 saturated carbocycles. The summed E-state index contributed by atoms with van der Waals surface area (Å²) < 4.78 is 0. The predicted octanol–water partition coefficient (Wildman–Crippen LogP) is 0.00410.